The van der Waals surface area contributed by atoms with E-state index in [1.54, 1.807) is 8.61 Å². The van der Waals surface area contributed by atoms with Crippen LogP contribution in [0.2, 0.25) is 0 Å². The molecule has 0 radical (unpaired) electrons. The van der Waals surface area contributed by atoms with Gasteiger partial charge in [0.1, 0.15) is 0 Å². The SMILES string of the molecule is CC1CN(S(=O)(=O)N2CCCCC2)CCC1Br. The average molecular weight is 325 g/mol. The van der Waals surface area contributed by atoms with Crippen LogP contribution in [0.25, 0.3) is 0 Å². The van der Waals surface area contributed by atoms with Gasteiger partial charge in [0, 0.05) is 31.0 Å². The van der Waals surface area contributed by atoms with Gasteiger partial charge in [0.25, 0.3) is 10.2 Å². The molecule has 0 N–H and O–H groups in total. The molecule has 2 unspecified atom stereocenters. The Hall–Kier alpha value is 0.350. The number of hydrogen-bond acceptors (Lipinski definition) is 2. The van der Waals surface area contributed by atoms with Gasteiger partial charge in [0.05, 0.1) is 0 Å². The maximum atomic E-state index is 12.4. The lowest BCUT2D eigenvalue weighted by Crippen LogP contribution is -2.50. The molecule has 2 heterocycles. The van der Waals surface area contributed by atoms with Crippen LogP contribution in [0.4, 0.5) is 0 Å². The minimum atomic E-state index is -3.20. The normalized spacial score (nSPS) is 33.8. The summed E-state index contributed by atoms with van der Waals surface area (Å²) in [5, 5.41) is 0. The van der Waals surface area contributed by atoms with Crippen molar-refractivity contribution >= 4 is 26.1 Å². The van der Waals surface area contributed by atoms with Gasteiger partial charge in [0.2, 0.25) is 0 Å². The fraction of sp³-hybridized carbons (Fsp3) is 1.00. The Balaban J connectivity index is 2.04. The lowest BCUT2D eigenvalue weighted by Gasteiger charge is -2.37. The first-order valence-electron chi connectivity index (χ1n) is 6.41. The Morgan fingerprint density at radius 2 is 1.71 bits per heavy atom. The van der Waals surface area contributed by atoms with Crippen molar-refractivity contribution < 1.29 is 8.42 Å². The van der Waals surface area contributed by atoms with Crippen molar-refractivity contribution in [3.63, 3.8) is 0 Å². The van der Waals surface area contributed by atoms with E-state index in [-0.39, 0.29) is 0 Å². The maximum Gasteiger partial charge on any atom is 0.281 e. The van der Waals surface area contributed by atoms with Crippen LogP contribution in [-0.2, 0) is 10.2 Å². The first kappa shape index (κ1) is 13.8. The minimum absolute atomic E-state index is 0.392. The second-order valence-electron chi connectivity index (χ2n) is 5.11. The van der Waals surface area contributed by atoms with Crippen molar-refractivity contribution in [2.45, 2.75) is 37.4 Å². The monoisotopic (exact) mass is 324 g/mol. The average Bonchev–Trinajstić information content (AvgIpc) is 2.33. The van der Waals surface area contributed by atoms with Crippen LogP contribution in [0.1, 0.15) is 32.6 Å². The molecule has 2 saturated heterocycles. The number of halogens is 1. The molecule has 4 nitrogen and oxygen atoms in total. The molecule has 2 aliphatic rings. The van der Waals surface area contributed by atoms with Crippen molar-refractivity contribution in [1.29, 1.82) is 0 Å². The third kappa shape index (κ3) is 3.03. The van der Waals surface area contributed by atoms with Gasteiger partial charge in [-0.15, -0.1) is 0 Å². The predicted octanol–water partition coefficient (Wildman–Crippen LogP) is 1.82. The molecule has 0 aromatic rings. The van der Waals surface area contributed by atoms with Crippen LogP contribution < -0.4 is 0 Å². The van der Waals surface area contributed by atoms with Crippen molar-refractivity contribution in [3.8, 4) is 0 Å². The summed E-state index contributed by atoms with van der Waals surface area (Å²) < 4.78 is 28.2. The van der Waals surface area contributed by atoms with Crippen LogP contribution in [0, 0.1) is 5.92 Å². The zero-order chi connectivity index (χ0) is 12.5. The molecule has 0 saturated carbocycles. The van der Waals surface area contributed by atoms with Gasteiger partial charge in [-0.3, -0.25) is 0 Å². The second kappa shape index (κ2) is 5.55. The highest BCUT2D eigenvalue weighted by atomic mass is 79.9. The summed E-state index contributed by atoms with van der Waals surface area (Å²) in [4.78, 5) is 0.454. The first-order chi connectivity index (χ1) is 8.01. The molecule has 100 valence electrons. The Kier molecular flexibility index (Phi) is 4.50. The summed E-state index contributed by atoms with van der Waals surface area (Å²) in [5.74, 6) is 0.392. The first-order valence-corrected chi connectivity index (χ1v) is 8.72. The number of hydrogen-bond donors (Lipinski definition) is 0. The molecule has 2 rings (SSSR count). The van der Waals surface area contributed by atoms with Crippen molar-refractivity contribution in [3.05, 3.63) is 0 Å². The molecule has 6 heteroatoms. The molecule has 0 bridgehead atoms. The highest BCUT2D eigenvalue weighted by molar-refractivity contribution is 9.09. The third-order valence-electron chi connectivity index (χ3n) is 3.73. The van der Waals surface area contributed by atoms with Gasteiger partial charge < -0.3 is 0 Å². The van der Waals surface area contributed by atoms with E-state index in [9.17, 15) is 8.42 Å². The highest BCUT2D eigenvalue weighted by Crippen LogP contribution is 2.27. The maximum absolute atomic E-state index is 12.4. The van der Waals surface area contributed by atoms with Crippen molar-refractivity contribution in [2.24, 2.45) is 5.92 Å². The molecule has 2 atom stereocenters. The zero-order valence-electron chi connectivity index (χ0n) is 10.3. The summed E-state index contributed by atoms with van der Waals surface area (Å²) >= 11 is 3.61. The Morgan fingerprint density at radius 3 is 2.29 bits per heavy atom. The van der Waals surface area contributed by atoms with Crippen molar-refractivity contribution in [1.82, 2.24) is 8.61 Å². The number of rotatable bonds is 2. The molecule has 0 aromatic heterocycles. The van der Waals surface area contributed by atoms with Crippen molar-refractivity contribution in [2.75, 3.05) is 26.2 Å². The van der Waals surface area contributed by atoms with E-state index in [0.29, 0.717) is 36.9 Å². The van der Waals surface area contributed by atoms with Gasteiger partial charge in [-0.05, 0) is 25.2 Å². The minimum Gasteiger partial charge on any atom is -0.195 e. The largest absolute Gasteiger partial charge is 0.281 e. The predicted molar refractivity (Wildman–Crippen MR) is 72.4 cm³/mol. The molecule has 0 spiro atoms. The van der Waals surface area contributed by atoms with E-state index in [2.05, 4.69) is 22.9 Å². The van der Waals surface area contributed by atoms with E-state index in [0.717, 1.165) is 25.7 Å². The van der Waals surface area contributed by atoms with E-state index in [1.165, 1.54) is 0 Å². The van der Waals surface area contributed by atoms with Gasteiger partial charge in [-0.1, -0.05) is 29.3 Å². The molecule has 0 aliphatic carbocycles. The molecule has 2 fully saturated rings. The standard InChI is InChI=1S/C11H21BrN2O2S/c1-10-9-14(8-5-11(10)12)17(15,16)13-6-3-2-4-7-13/h10-11H,2-9H2,1H3. The van der Waals surface area contributed by atoms with E-state index in [4.69, 9.17) is 0 Å². The summed E-state index contributed by atoms with van der Waals surface area (Å²) in [5.41, 5.74) is 0. The van der Waals surface area contributed by atoms with Gasteiger partial charge in [-0.25, -0.2) is 0 Å². The van der Waals surface area contributed by atoms with Gasteiger partial charge in [0.15, 0.2) is 0 Å². The Morgan fingerprint density at radius 1 is 1.06 bits per heavy atom. The molecule has 17 heavy (non-hydrogen) atoms. The fourth-order valence-electron chi connectivity index (χ4n) is 2.55. The number of piperidine rings is 2. The molecular weight excluding hydrogens is 304 g/mol. The highest BCUT2D eigenvalue weighted by Gasteiger charge is 2.35. The Labute approximate surface area is 113 Å². The summed E-state index contributed by atoms with van der Waals surface area (Å²) in [6, 6.07) is 0. The molecule has 0 aromatic carbocycles. The quantitative estimate of drug-likeness (QED) is 0.727. The van der Waals surface area contributed by atoms with Crippen LogP contribution in [0.5, 0.6) is 0 Å². The van der Waals surface area contributed by atoms with Crippen LogP contribution in [-0.4, -0.2) is 48.0 Å². The smallest absolute Gasteiger partial charge is 0.195 e. The third-order valence-corrected chi connectivity index (χ3v) is 7.09. The van der Waals surface area contributed by atoms with Crippen LogP contribution in [0.3, 0.4) is 0 Å². The zero-order valence-corrected chi connectivity index (χ0v) is 12.7. The molecule has 2 aliphatic heterocycles. The van der Waals surface area contributed by atoms with Crippen LogP contribution in [0.15, 0.2) is 0 Å². The summed E-state index contributed by atoms with van der Waals surface area (Å²) in [6.07, 6.45) is 4.08. The Bertz CT molecular complexity index is 354. The van der Waals surface area contributed by atoms with Crippen LogP contribution >= 0.6 is 15.9 Å². The lowest BCUT2D eigenvalue weighted by atomic mass is 10.0. The second-order valence-corrected chi connectivity index (χ2v) is 8.21. The lowest BCUT2D eigenvalue weighted by molar-refractivity contribution is 0.254. The van der Waals surface area contributed by atoms with Gasteiger partial charge >= 0.3 is 0 Å². The van der Waals surface area contributed by atoms with E-state index >= 15 is 0 Å². The topological polar surface area (TPSA) is 40.6 Å². The number of nitrogens with zero attached hydrogens (tertiary/aromatic N) is 2. The summed E-state index contributed by atoms with van der Waals surface area (Å²) in [6.45, 7) is 4.81. The summed E-state index contributed by atoms with van der Waals surface area (Å²) in [7, 11) is -3.20. The van der Waals surface area contributed by atoms with E-state index in [1.807, 2.05) is 0 Å². The molecular formula is C11H21BrN2O2S. The number of alkyl halides is 1. The molecule has 0 amide bonds. The van der Waals surface area contributed by atoms with Gasteiger partial charge in [-0.2, -0.15) is 17.0 Å². The fourth-order valence-corrected chi connectivity index (χ4v) is 4.72. The van der Waals surface area contributed by atoms with E-state index < -0.39 is 10.2 Å².